The molecule has 3 nitrogen and oxygen atoms in total. The molecule has 0 atom stereocenters. The summed E-state index contributed by atoms with van der Waals surface area (Å²) in [5.41, 5.74) is 4.44. The number of halogens is 1. The molecule has 4 heteroatoms. The van der Waals surface area contributed by atoms with E-state index in [2.05, 4.69) is 36.5 Å². The van der Waals surface area contributed by atoms with E-state index >= 15 is 0 Å². The smallest absolute Gasteiger partial charge is 0.133 e. The summed E-state index contributed by atoms with van der Waals surface area (Å²) in [4.78, 5) is 6.85. The molecule has 0 radical (unpaired) electrons. The Balaban J connectivity index is 1.80. The van der Waals surface area contributed by atoms with Crippen molar-refractivity contribution in [1.82, 2.24) is 10.3 Å². The molecular formula is C20H22FN3. The van der Waals surface area contributed by atoms with E-state index in [1.165, 1.54) is 17.7 Å². The third kappa shape index (κ3) is 3.71. The zero-order valence-electron chi connectivity index (χ0n) is 14.3. The van der Waals surface area contributed by atoms with E-state index in [9.17, 15) is 4.39 Å². The van der Waals surface area contributed by atoms with E-state index in [4.69, 9.17) is 4.98 Å². The molecule has 1 heterocycles. The van der Waals surface area contributed by atoms with Crippen LogP contribution in [-0.4, -0.2) is 19.1 Å². The Labute approximate surface area is 142 Å². The zero-order valence-corrected chi connectivity index (χ0v) is 14.3. The fourth-order valence-electron chi connectivity index (χ4n) is 2.77. The highest BCUT2D eigenvalue weighted by atomic mass is 19.1. The zero-order chi connectivity index (χ0) is 17.1. The van der Waals surface area contributed by atoms with Gasteiger partial charge in [-0.15, -0.1) is 0 Å². The van der Waals surface area contributed by atoms with Gasteiger partial charge in [-0.05, 0) is 42.3 Å². The first-order valence-electron chi connectivity index (χ1n) is 8.06. The molecular weight excluding hydrogens is 301 g/mol. The van der Waals surface area contributed by atoms with E-state index in [1.54, 1.807) is 12.1 Å². The van der Waals surface area contributed by atoms with Crippen molar-refractivity contribution in [3.8, 4) is 0 Å². The van der Waals surface area contributed by atoms with Crippen molar-refractivity contribution in [2.24, 2.45) is 0 Å². The van der Waals surface area contributed by atoms with Crippen LogP contribution in [0.3, 0.4) is 0 Å². The minimum Gasteiger partial charge on any atom is -0.362 e. The van der Waals surface area contributed by atoms with Crippen LogP contribution in [0.2, 0.25) is 0 Å². The highest BCUT2D eigenvalue weighted by molar-refractivity contribution is 5.82. The molecule has 0 aliphatic heterocycles. The molecule has 0 bridgehead atoms. The molecule has 2 aromatic carbocycles. The third-order valence-corrected chi connectivity index (χ3v) is 4.01. The van der Waals surface area contributed by atoms with Crippen molar-refractivity contribution < 1.29 is 4.39 Å². The topological polar surface area (TPSA) is 28.2 Å². The van der Waals surface area contributed by atoms with Gasteiger partial charge in [0.15, 0.2) is 0 Å². The van der Waals surface area contributed by atoms with Crippen LogP contribution >= 0.6 is 0 Å². The van der Waals surface area contributed by atoms with Gasteiger partial charge in [0, 0.05) is 38.1 Å². The highest BCUT2D eigenvalue weighted by Crippen LogP contribution is 2.23. The number of hydrogen-bond acceptors (Lipinski definition) is 3. The number of nitrogens with one attached hydrogen (secondary N) is 1. The molecule has 1 N–H and O–H groups in total. The molecule has 24 heavy (non-hydrogen) atoms. The summed E-state index contributed by atoms with van der Waals surface area (Å²) in [5, 5.41) is 4.56. The Hall–Kier alpha value is -2.46. The fourth-order valence-corrected chi connectivity index (χ4v) is 2.77. The normalized spacial score (nSPS) is 11.0. The number of fused-ring (bicyclic) bond motifs is 1. The number of rotatable bonds is 5. The summed E-state index contributed by atoms with van der Waals surface area (Å²) >= 11 is 0. The van der Waals surface area contributed by atoms with E-state index in [1.807, 2.05) is 19.0 Å². The second kappa shape index (κ2) is 6.97. The standard InChI is InChI=1S/C20H22FN3/c1-14-4-7-16-11-17(20(24(2)3)23-19(16)10-14)13-22-12-15-5-8-18(21)9-6-15/h4-11,22H,12-13H2,1-3H3. The van der Waals surface area contributed by atoms with Crippen LogP contribution in [0.25, 0.3) is 10.9 Å². The third-order valence-electron chi connectivity index (χ3n) is 4.01. The molecule has 3 aromatic rings. The van der Waals surface area contributed by atoms with Crippen LogP contribution in [0.5, 0.6) is 0 Å². The minimum atomic E-state index is -0.206. The fraction of sp³-hybridized carbons (Fsp3) is 0.250. The first kappa shape index (κ1) is 16.4. The highest BCUT2D eigenvalue weighted by Gasteiger charge is 2.09. The van der Waals surface area contributed by atoms with E-state index in [0.717, 1.165) is 27.8 Å². The molecule has 0 saturated carbocycles. The van der Waals surface area contributed by atoms with Gasteiger partial charge >= 0.3 is 0 Å². The molecule has 0 aliphatic carbocycles. The molecule has 0 saturated heterocycles. The van der Waals surface area contributed by atoms with Gasteiger partial charge in [0.2, 0.25) is 0 Å². The Bertz CT molecular complexity index is 841. The Morgan fingerprint density at radius 1 is 1.00 bits per heavy atom. The van der Waals surface area contributed by atoms with Gasteiger partial charge in [0.1, 0.15) is 11.6 Å². The van der Waals surface area contributed by atoms with Gasteiger partial charge in [0.05, 0.1) is 5.52 Å². The Kier molecular flexibility index (Phi) is 4.76. The van der Waals surface area contributed by atoms with Crippen molar-refractivity contribution in [1.29, 1.82) is 0 Å². The monoisotopic (exact) mass is 323 g/mol. The Morgan fingerprint density at radius 3 is 2.46 bits per heavy atom. The van der Waals surface area contributed by atoms with Gasteiger partial charge in [-0.3, -0.25) is 0 Å². The number of nitrogens with zero attached hydrogens (tertiary/aromatic N) is 2. The van der Waals surface area contributed by atoms with Crippen LogP contribution in [0, 0.1) is 12.7 Å². The Morgan fingerprint density at radius 2 is 1.75 bits per heavy atom. The minimum absolute atomic E-state index is 0.206. The van der Waals surface area contributed by atoms with E-state index in [0.29, 0.717) is 13.1 Å². The second-order valence-corrected chi connectivity index (χ2v) is 6.29. The van der Waals surface area contributed by atoms with Crippen molar-refractivity contribution >= 4 is 16.7 Å². The maximum Gasteiger partial charge on any atom is 0.133 e. The SMILES string of the molecule is Cc1ccc2cc(CNCc3ccc(F)cc3)c(N(C)C)nc2c1. The molecule has 124 valence electrons. The van der Waals surface area contributed by atoms with Crippen molar-refractivity contribution in [2.45, 2.75) is 20.0 Å². The lowest BCUT2D eigenvalue weighted by atomic mass is 10.1. The number of benzene rings is 2. The largest absolute Gasteiger partial charge is 0.362 e. The molecule has 1 aromatic heterocycles. The van der Waals surface area contributed by atoms with E-state index < -0.39 is 0 Å². The van der Waals surface area contributed by atoms with Gasteiger partial charge in [0.25, 0.3) is 0 Å². The lowest BCUT2D eigenvalue weighted by Crippen LogP contribution is -2.18. The summed E-state index contributed by atoms with van der Waals surface area (Å²) in [6.07, 6.45) is 0. The summed E-state index contributed by atoms with van der Waals surface area (Å²) in [7, 11) is 4.01. The second-order valence-electron chi connectivity index (χ2n) is 6.29. The summed E-state index contributed by atoms with van der Waals surface area (Å²) in [5.74, 6) is 0.766. The van der Waals surface area contributed by atoms with Crippen molar-refractivity contribution in [3.63, 3.8) is 0 Å². The quantitative estimate of drug-likeness (QED) is 0.768. The average molecular weight is 323 g/mol. The number of pyridine rings is 1. The summed E-state index contributed by atoms with van der Waals surface area (Å²) in [6.45, 7) is 3.48. The predicted molar refractivity (Wildman–Crippen MR) is 97.8 cm³/mol. The molecule has 0 spiro atoms. The van der Waals surface area contributed by atoms with Crippen molar-refractivity contribution in [2.75, 3.05) is 19.0 Å². The average Bonchev–Trinajstić information content (AvgIpc) is 2.56. The van der Waals surface area contributed by atoms with E-state index in [-0.39, 0.29) is 5.82 Å². The molecule has 0 aliphatic rings. The van der Waals surface area contributed by atoms with Crippen molar-refractivity contribution in [3.05, 3.63) is 71.0 Å². The summed E-state index contributed by atoms with van der Waals surface area (Å²) in [6, 6.07) is 15.1. The van der Waals surface area contributed by atoms with Crippen LogP contribution in [0.15, 0.2) is 48.5 Å². The number of aromatic nitrogens is 1. The molecule has 0 amide bonds. The molecule has 3 rings (SSSR count). The maximum absolute atomic E-state index is 13.0. The van der Waals surface area contributed by atoms with Gasteiger partial charge in [-0.25, -0.2) is 9.37 Å². The number of hydrogen-bond donors (Lipinski definition) is 1. The van der Waals surface area contributed by atoms with Crippen LogP contribution < -0.4 is 10.2 Å². The van der Waals surface area contributed by atoms with Gasteiger partial charge in [-0.2, -0.15) is 0 Å². The van der Waals surface area contributed by atoms with Gasteiger partial charge in [-0.1, -0.05) is 24.3 Å². The van der Waals surface area contributed by atoms with Crippen LogP contribution in [-0.2, 0) is 13.1 Å². The number of aryl methyl sites for hydroxylation is 1. The first-order chi connectivity index (χ1) is 11.5. The van der Waals surface area contributed by atoms with Crippen LogP contribution in [0.1, 0.15) is 16.7 Å². The lowest BCUT2D eigenvalue weighted by Gasteiger charge is -2.18. The first-order valence-corrected chi connectivity index (χ1v) is 8.06. The maximum atomic E-state index is 13.0. The van der Waals surface area contributed by atoms with Gasteiger partial charge < -0.3 is 10.2 Å². The molecule has 0 unspecified atom stereocenters. The van der Waals surface area contributed by atoms with Crippen LogP contribution in [0.4, 0.5) is 10.2 Å². The number of anilines is 1. The predicted octanol–water partition coefficient (Wildman–Crippen LogP) is 4.04. The lowest BCUT2D eigenvalue weighted by molar-refractivity contribution is 0.625. The molecule has 0 fully saturated rings. The summed E-state index contributed by atoms with van der Waals surface area (Å²) < 4.78 is 13.0.